The van der Waals surface area contributed by atoms with E-state index in [1.54, 1.807) is 25.1 Å². The standard InChI is InChI=1S/C13H12Cl2OS/c1-8-5-6-17-12(8)13(2,16)9-3-4-10(14)11(15)7-9/h3-7,16H,1-2H3. The van der Waals surface area contributed by atoms with Crippen LogP contribution in [0.4, 0.5) is 0 Å². The minimum atomic E-state index is -1.04. The van der Waals surface area contributed by atoms with Crippen LogP contribution in [-0.4, -0.2) is 5.11 Å². The molecule has 0 amide bonds. The molecule has 1 aromatic heterocycles. The maximum Gasteiger partial charge on any atom is 0.121 e. The summed E-state index contributed by atoms with van der Waals surface area (Å²) in [6, 6.07) is 7.21. The van der Waals surface area contributed by atoms with Crippen LogP contribution in [0.15, 0.2) is 29.6 Å². The topological polar surface area (TPSA) is 20.2 Å². The molecule has 2 rings (SSSR count). The normalized spacial score (nSPS) is 14.6. The summed E-state index contributed by atoms with van der Waals surface area (Å²) in [7, 11) is 0. The van der Waals surface area contributed by atoms with E-state index in [0.717, 1.165) is 16.0 Å². The molecule has 17 heavy (non-hydrogen) atoms. The van der Waals surface area contributed by atoms with Gasteiger partial charge in [0.1, 0.15) is 5.60 Å². The van der Waals surface area contributed by atoms with Crippen molar-refractivity contribution >= 4 is 34.5 Å². The fourth-order valence-corrected chi connectivity index (χ4v) is 3.11. The van der Waals surface area contributed by atoms with Gasteiger partial charge in [0, 0.05) is 4.88 Å². The van der Waals surface area contributed by atoms with Crippen LogP contribution in [0.3, 0.4) is 0 Å². The third kappa shape index (κ3) is 2.36. The van der Waals surface area contributed by atoms with Crippen molar-refractivity contribution < 1.29 is 5.11 Å². The van der Waals surface area contributed by atoms with E-state index in [1.165, 1.54) is 11.3 Å². The number of aryl methyl sites for hydroxylation is 1. The molecule has 0 radical (unpaired) electrons. The molecule has 0 spiro atoms. The number of thiophene rings is 1. The van der Waals surface area contributed by atoms with Crippen molar-refractivity contribution in [3.63, 3.8) is 0 Å². The van der Waals surface area contributed by atoms with Crippen LogP contribution in [0.5, 0.6) is 0 Å². The van der Waals surface area contributed by atoms with Crippen molar-refractivity contribution in [3.8, 4) is 0 Å². The molecule has 1 heterocycles. The molecule has 1 unspecified atom stereocenters. The first-order valence-corrected chi connectivity index (χ1v) is 6.79. The van der Waals surface area contributed by atoms with Gasteiger partial charge < -0.3 is 5.11 Å². The Morgan fingerprint density at radius 3 is 2.41 bits per heavy atom. The van der Waals surface area contributed by atoms with Gasteiger partial charge in [-0.2, -0.15) is 0 Å². The zero-order valence-corrected chi connectivity index (χ0v) is 11.8. The highest BCUT2D eigenvalue weighted by molar-refractivity contribution is 7.10. The molecule has 90 valence electrons. The minimum absolute atomic E-state index is 0.457. The molecule has 1 atom stereocenters. The van der Waals surface area contributed by atoms with E-state index in [1.807, 2.05) is 18.4 Å². The van der Waals surface area contributed by atoms with Crippen LogP contribution >= 0.6 is 34.5 Å². The summed E-state index contributed by atoms with van der Waals surface area (Å²) in [5.41, 5.74) is 0.787. The lowest BCUT2D eigenvalue weighted by Gasteiger charge is -2.24. The second-order valence-electron chi connectivity index (χ2n) is 4.13. The van der Waals surface area contributed by atoms with Gasteiger partial charge in [0.2, 0.25) is 0 Å². The van der Waals surface area contributed by atoms with Gasteiger partial charge in [-0.3, -0.25) is 0 Å². The smallest absolute Gasteiger partial charge is 0.121 e. The SMILES string of the molecule is Cc1ccsc1C(C)(O)c1ccc(Cl)c(Cl)c1. The van der Waals surface area contributed by atoms with Crippen molar-refractivity contribution in [3.05, 3.63) is 55.7 Å². The molecular formula is C13H12Cl2OS. The average Bonchev–Trinajstić information content (AvgIpc) is 2.69. The highest BCUT2D eigenvalue weighted by Gasteiger charge is 2.28. The quantitative estimate of drug-likeness (QED) is 0.854. The lowest BCUT2D eigenvalue weighted by molar-refractivity contribution is 0.106. The first-order chi connectivity index (χ1) is 7.93. The van der Waals surface area contributed by atoms with Crippen LogP contribution in [0.25, 0.3) is 0 Å². The van der Waals surface area contributed by atoms with Crippen LogP contribution in [0, 0.1) is 6.92 Å². The predicted molar refractivity (Wildman–Crippen MR) is 74.2 cm³/mol. The maximum absolute atomic E-state index is 10.7. The van der Waals surface area contributed by atoms with E-state index >= 15 is 0 Å². The zero-order chi connectivity index (χ0) is 12.6. The Labute approximate surface area is 115 Å². The third-order valence-corrected chi connectivity index (χ3v) is 4.75. The van der Waals surface area contributed by atoms with Gasteiger partial charge in [0.05, 0.1) is 10.0 Å². The van der Waals surface area contributed by atoms with E-state index in [-0.39, 0.29) is 0 Å². The number of benzene rings is 1. The highest BCUT2D eigenvalue weighted by Crippen LogP contribution is 2.37. The number of rotatable bonds is 2. The van der Waals surface area contributed by atoms with Crippen LogP contribution < -0.4 is 0 Å². The van der Waals surface area contributed by atoms with E-state index in [4.69, 9.17) is 23.2 Å². The molecule has 0 saturated heterocycles. The molecule has 0 aliphatic carbocycles. The highest BCUT2D eigenvalue weighted by atomic mass is 35.5. The van der Waals surface area contributed by atoms with Gasteiger partial charge >= 0.3 is 0 Å². The Balaban J connectivity index is 2.51. The lowest BCUT2D eigenvalue weighted by atomic mass is 9.92. The van der Waals surface area contributed by atoms with Crippen molar-refractivity contribution in [2.24, 2.45) is 0 Å². The van der Waals surface area contributed by atoms with Crippen molar-refractivity contribution in [2.75, 3.05) is 0 Å². The van der Waals surface area contributed by atoms with Gasteiger partial charge in [0.25, 0.3) is 0 Å². The number of aliphatic hydroxyl groups is 1. The zero-order valence-electron chi connectivity index (χ0n) is 9.50. The van der Waals surface area contributed by atoms with Crippen LogP contribution in [0.2, 0.25) is 10.0 Å². The molecule has 0 fully saturated rings. The molecule has 2 aromatic rings. The maximum atomic E-state index is 10.7. The van der Waals surface area contributed by atoms with E-state index in [2.05, 4.69) is 0 Å². The molecular weight excluding hydrogens is 275 g/mol. The monoisotopic (exact) mass is 286 g/mol. The average molecular weight is 287 g/mol. The molecule has 0 aliphatic rings. The summed E-state index contributed by atoms with van der Waals surface area (Å²) in [5.74, 6) is 0. The first kappa shape index (κ1) is 12.9. The fourth-order valence-electron chi connectivity index (χ4n) is 1.80. The Hall–Kier alpha value is -0.540. The Morgan fingerprint density at radius 2 is 1.88 bits per heavy atom. The Morgan fingerprint density at radius 1 is 1.18 bits per heavy atom. The minimum Gasteiger partial charge on any atom is -0.380 e. The van der Waals surface area contributed by atoms with Gasteiger partial charge in [-0.25, -0.2) is 0 Å². The fraction of sp³-hybridized carbons (Fsp3) is 0.231. The van der Waals surface area contributed by atoms with Gasteiger partial charge in [-0.1, -0.05) is 29.3 Å². The summed E-state index contributed by atoms with van der Waals surface area (Å²) in [4.78, 5) is 0.927. The molecule has 0 aliphatic heterocycles. The summed E-state index contributed by atoms with van der Waals surface area (Å²) < 4.78 is 0. The second-order valence-corrected chi connectivity index (χ2v) is 5.86. The summed E-state index contributed by atoms with van der Waals surface area (Å²) in [6.07, 6.45) is 0. The molecule has 1 aromatic carbocycles. The number of halogens is 2. The first-order valence-electron chi connectivity index (χ1n) is 5.15. The van der Waals surface area contributed by atoms with Crippen LogP contribution in [-0.2, 0) is 5.60 Å². The van der Waals surface area contributed by atoms with E-state index < -0.39 is 5.60 Å². The lowest BCUT2D eigenvalue weighted by Crippen LogP contribution is -2.22. The Kier molecular flexibility index (Phi) is 3.50. The van der Waals surface area contributed by atoms with Crippen LogP contribution in [0.1, 0.15) is 22.9 Å². The van der Waals surface area contributed by atoms with Crippen molar-refractivity contribution in [1.29, 1.82) is 0 Å². The van der Waals surface area contributed by atoms with E-state index in [0.29, 0.717) is 10.0 Å². The molecule has 0 bridgehead atoms. The summed E-state index contributed by atoms with van der Waals surface area (Å²) in [5, 5.41) is 13.6. The molecule has 4 heteroatoms. The predicted octanol–water partition coefficient (Wildman–Crippen LogP) is 4.62. The Bertz CT molecular complexity index is 546. The largest absolute Gasteiger partial charge is 0.380 e. The number of hydrogen-bond donors (Lipinski definition) is 1. The van der Waals surface area contributed by atoms with Gasteiger partial charge in [-0.05, 0) is 48.6 Å². The third-order valence-electron chi connectivity index (χ3n) is 2.79. The molecule has 0 saturated carbocycles. The van der Waals surface area contributed by atoms with Crippen molar-refractivity contribution in [2.45, 2.75) is 19.4 Å². The molecule has 1 nitrogen and oxygen atoms in total. The van der Waals surface area contributed by atoms with Gasteiger partial charge in [0.15, 0.2) is 0 Å². The van der Waals surface area contributed by atoms with E-state index in [9.17, 15) is 5.11 Å². The number of hydrogen-bond acceptors (Lipinski definition) is 2. The summed E-state index contributed by atoms with van der Waals surface area (Å²) in [6.45, 7) is 3.75. The van der Waals surface area contributed by atoms with Gasteiger partial charge in [-0.15, -0.1) is 11.3 Å². The van der Waals surface area contributed by atoms with Crippen molar-refractivity contribution in [1.82, 2.24) is 0 Å². The summed E-state index contributed by atoms with van der Waals surface area (Å²) >= 11 is 13.4. The second kappa shape index (κ2) is 4.62. The molecule has 1 N–H and O–H groups in total.